The molecule has 0 amide bonds. The first kappa shape index (κ1) is 40.3. The minimum Gasteiger partial charge on any atom is -0.465 e. The second-order valence-electron chi connectivity index (χ2n) is 19.3. The van der Waals surface area contributed by atoms with Gasteiger partial charge in [0.1, 0.15) is 13.2 Å². The number of ether oxygens (including phenoxy) is 5. The third-order valence-corrected chi connectivity index (χ3v) is 15.4. The van der Waals surface area contributed by atoms with Gasteiger partial charge in [0.05, 0.1) is 35.4 Å². The van der Waals surface area contributed by atoms with Crippen LogP contribution in [-0.4, -0.2) is 75.5 Å². The molecule has 1 aliphatic heterocycles. The van der Waals surface area contributed by atoms with Crippen LogP contribution in [0.5, 0.6) is 0 Å². The van der Waals surface area contributed by atoms with E-state index in [-0.39, 0.29) is 62.5 Å². The van der Waals surface area contributed by atoms with E-state index in [9.17, 15) is 31.6 Å². The number of carbonyl (C=O) groups excluding carboxylic acids is 3. The second-order valence-corrected chi connectivity index (χ2v) is 20.9. The van der Waals surface area contributed by atoms with Gasteiger partial charge in [0.15, 0.2) is 12.9 Å². The van der Waals surface area contributed by atoms with Crippen molar-refractivity contribution in [3.8, 4) is 0 Å². The lowest BCUT2D eigenvalue weighted by molar-refractivity contribution is -0.275. The largest absolute Gasteiger partial charge is 0.465 e. The molecule has 0 spiro atoms. The van der Waals surface area contributed by atoms with Crippen LogP contribution in [0.4, 0.5) is 8.78 Å². The third kappa shape index (κ3) is 8.51. The molecule has 1 saturated heterocycles. The fourth-order valence-corrected chi connectivity index (χ4v) is 12.6. The minimum absolute atomic E-state index is 0.0222. The van der Waals surface area contributed by atoms with Crippen LogP contribution in [0.25, 0.3) is 0 Å². The van der Waals surface area contributed by atoms with Gasteiger partial charge in [-0.25, -0.2) is 0 Å². The molecule has 0 aromatic carbocycles. The maximum Gasteiger partial charge on any atom is 0.402 e. The molecule has 7 aliphatic rings. The summed E-state index contributed by atoms with van der Waals surface area (Å²) in [6.45, 7) is 2.88. The number of fused-ring (bicyclic) bond motifs is 6. The van der Waals surface area contributed by atoms with Gasteiger partial charge in [-0.1, -0.05) is 39.5 Å². The van der Waals surface area contributed by atoms with Crippen molar-refractivity contribution in [2.24, 2.45) is 63.6 Å². The van der Waals surface area contributed by atoms with Gasteiger partial charge in [-0.3, -0.25) is 18.9 Å². The lowest BCUT2D eigenvalue weighted by Gasteiger charge is -2.50. The molecule has 0 aromatic heterocycles. The Hall–Kier alpha value is -1.90. The SMILES string of the molecule is CC1CC2CC(C1)CC(C(=O)OCC1(COC(=O)C34CCCC(CC(C)C3)C4)COC(C3CC4CCCC(C(=O)OCC(F)(F)S(=O)(=O)O)(C4)C3)OC1)C2. The number of hydrogen-bond acceptors (Lipinski definition) is 10. The highest BCUT2D eigenvalue weighted by Gasteiger charge is 2.55. The van der Waals surface area contributed by atoms with Gasteiger partial charge in [-0.15, -0.1) is 0 Å². The van der Waals surface area contributed by atoms with E-state index in [4.69, 9.17) is 28.2 Å². The molecule has 1 heterocycles. The van der Waals surface area contributed by atoms with Crippen LogP contribution in [0.3, 0.4) is 0 Å². The van der Waals surface area contributed by atoms with Gasteiger partial charge in [0, 0.05) is 5.92 Å². The van der Waals surface area contributed by atoms with Crippen molar-refractivity contribution in [2.75, 3.05) is 33.0 Å². The molecule has 54 heavy (non-hydrogen) atoms. The maximum atomic E-state index is 14.0. The molecule has 6 saturated carbocycles. The van der Waals surface area contributed by atoms with Crippen LogP contribution in [0.1, 0.15) is 123 Å². The monoisotopic (exact) mass is 786 g/mol. The zero-order valence-corrected chi connectivity index (χ0v) is 32.8. The molecule has 1 N–H and O–H groups in total. The van der Waals surface area contributed by atoms with Gasteiger partial charge in [-0.05, 0) is 119 Å². The topological polar surface area (TPSA) is 152 Å². The summed E-state index contributed by atoms with van der Waals surface area (Å²) in [4.78, 5) is 40.9. The first-order valence-corrected chi connectivity index (χ1v) is 22.0. The number of carbonyl (C=O) groups is 3. The number of hydrogen-bond donors (Lipinski definition) is 1. The lowest BCUT2D eigenvalue weighted by atomic mass is 9.58. The van der Waals surface area contributed by atoms with E-state index in [2.05, 4.69) is 13.8 Å². The van der Waals surface area contributed by atoms with Crippen molar-refractivity contribution in [3.05, 3.63) is 0 Å². The van der Waals surface area contributed by atoms with Crippen molar-refractivity contribution in [2.45, 2.75) is 135 Å². The highest BCUT2D eigenvalue weighted by Crippen LogP contribution is 2.55. The Morgan fingerprint density at radius 2 is 1.28 bits per heavy atom. The van der Waals surface area contributed by atoms with Crippen LogP contribution in [-0.2, 0) is 48.2 Å². The summed E-state index contributed by atoms with van der Waals surface area (Å²) in [5.41, 5.74) is -2.55. The fourth-order valence-electron chi connectivity index (χ4n) is 12.4. The van der Waals surface area contributed by atoms with Crippen molar-refractivity contribution in [1.29, 1.82) is 0 Å². The van der Waals surface area contributed by atoms with Gasteiger partial charge in [0.25, 0.3) is 0 Å². The summed E-state index contributed by atoms with van der Waals surface area (Å²) >= 11 is 0. The van der Waals surface area contributed by atoms with E-state index >= 15 is 0 Å². The van der Waals surface area contributed by atoms with Crippen LogP contribution in [0, 0.1) is 63.6 Å². The molecule has 14 heteroatoms. The molecule has 6 bridgehead atoms. The number of rotatable bonds is 11. The molecule has 0 aromatic rings. The Morgan fingerprint density at radius 1 is 0.722 bits per heavy atom. The molecule has 0 radical (unpaired) electrons. The Bertz CT molecular complexity index is 1490. The Balaban J connectivity index is 1.02. The Morgan fingerprint density at radius 3 is 1.91 bits per heavy atom. The summed E-state index contributed by atoms with van der Waals surface area (Å²) in [5.74, 6) is 1.04. The fraction of sp³-hybridized carbons (Fsp3) is 0.925. The van der Waals surface area contributed by atoms with E-state index in [0.29, 0.717) is 55.3 Å². The summed E-state index contributed by atoms with van der Waals surface area (Å²) < 4.78 is 89.1. The zero-order chi connectivity index (χ0) is 38.5. The third-order valence-electron chi connectivity index (χ3n) is 14.5. The van der Waals surface area contributed by atoms with Crippen LogP contribution in [0.2, 0.25) is 0 Å². The van der Waals surface area contributed by atoms with E-state index in [1.165, 1.54) is 6.42 Å². The van der Waals surface area contributed by atoms with Crippen LogP contribution >= 0.6 is 0 Å². The summed E-state index contributed by atoms with van der Waals surface area (Å²) in [7, 11) is -5.75. The Kier molecular flexibility index (Phi) is 11.5. The van der Waals surface area contributed by atoms with Gasteiger partial charge in [-0.2, -0.15) is 17.2 Å². The van der Waals surface area contributed by atoms with Crippen molar-refractivity contribution in [1.82, 2.24) is 0 Å². The maximum absolute atomic E-state index is 14.0. The minimum atomic E-state index is -5.75. The van der Waals surface area contributed by atoms with E-state index < -0.39 is 50.5 Å². The highest BCUT2D eigenvalue weighted by molar-refractivity contribution is 7.86. The van der Waals surface area contributed by atoms with Gasteiger partial charge < -0.3 is 23.7 Å². The van der Waals surface area contributed by atoms with Crippen LogP contribution < -0.4 is 0 Å². The molecule has 8 unspecified atom stereocenters. The number of halogens is 2. The normalized spacial score (nSPS) is 42.4. The molecule has 6 aliphatic carbocycles. The van der Waals surface area contributed by atoms with Gasteiger partial charge >= 0.3 is 33.3 Å². The highest BCUT2D eigenvalue weighted by atomic mass is 32.2. The number of esters is 3. The van der Waals surface area contributed by atoms with Gasteiger partial charge in [0.2, 0.25) is 0 Å². The van der Waals surface area contributed by atoms with Crippen molar-refractivity contribution < 1.29 is 59.8 Å². The lowest BCUT2D eigenvalue weighted by Crippen LogP contribution is -2.54. The van der Waals surface area contributed by atoms with E-state index in [1.807, 2.05) is 0 Å². The van der Waals surface area contributed by atoms with E-state index in [0.717, 1.165) is 70.6 Å². The molecule has 11 nitrogen and oxygen atoms in total. The molecule has 306 valence electrons. The molecule has 8 atom stereocenters. The van der Waals surface area contributed by atoms with Crippen molar-refractivity contribution >= 4 is 28.0 Å². The quantitative estimate of drug-likeness (QED) is 0.130. The molecular weight excluding hydrogens is 726 g/mol. The van der Waals surface area contributed by atoms with Crippen LogP contribution in [0.15, 0.2) is 0 Å². The summed E-state index contributed by atoms with van der Waals surface area (Å²) in [6.07, 6.45) is 13.4. The predicted octanol–water partition coefficient (Wildman–Crippen LogP) is 7.11. The zero-order valence-electron chi connectivity index (χ0n) is 31.9. The summed E-state index contributed by atoms with van der Waals surface area (Å²) in [6, 6.07) is 0. The second kappa shape index (κ2) is 15.5. The smallest absolute Gasteiger partial charge is 0.402 e. The molecule has 7 rings (SSSR count). The average Bonchev–Trinajstić information content (AvgIpc) is 3.10. The molecular formula is C40H60F2O11S. The summed E-state index contributed by atoms with van der Waals surface area (Å²) in [5, 5.41) is -4.62. The number of alkyl halides is 2. The predicted molar refractivity (Wildman–Crippen MR) is 190 cm³/mol. The average molecular weight is 787 g/mol. The Labute approximate surface area is 318 Å². The standard InChI is InChI=1S/C40H60F2O11S/c1-25-9-29-12-30(10-25)15-31(14-29)33(43)49-20-37(23-52-35(44)38-7-3-5-27(17-38)11-26(2)16-38)21-50-34(51-22-37)32-13-28-6-4-8-39(18-28,19-32)36(45)53-24-40(41,42)54(46,47)48/h25-32,34H,3-24H2,1-2H3,(H,46,47,48). The van der Waals surface area contributed by atoms with Crippen molar-refractivity contribution in [3.63, 3.8) is 0 Å². The van der Waals surface area contributed by atoms with E-state index in [1.54, 1.807) is 0 Å². The molecule has 7 fully saturated rings. The first-order valence-electron chi connectivity index (χ1n) is 20.6. The first-order chi connectivity index (χ1) is 25.5.